The van der Waals surface area contributed by atoms with Crippen molar-refractivity contribution in [2.45, 2.75) is 18.8 Å². The summed E-state index contributed by atoms with van der Waals surface area (Å²) in [5, 5.41) is 5.70. The monoisotopic (exact) mass is 457 g/mol. The number of fused-ring (bicyclic) bond motifs is 4. The minimum absolute atomic E-state index is 0.0933. The van der Waals surface area contributed by atoms with E-state index in [2.05, 4.69) is 25.2 Å². The van der Waals surface area contributed by atoms with E-state index in [1.807, 2.05) is 12.3 Å². The van der Waals surface area contributed by atoms with Crippen LogP contribution >= 0.6 is 0 Å². The van der Waals surface area contributed by atoms with Gasteiger partial charge in [0.2, 0.25) is 0 Å². The zero-order valence-electron chi connectivity index (χ0n) is 18.3. The molecule has 5 heterocycles. The van der Waals surface area contributed by atoms with Crippen molar-refractivity contribution in [3.05, 3.63) is 54.0 Å². The van der Waals surface area contributed by atoms with Crippen LogP contribution in [0.25, 0.3) is 44.2 Å². The zero-order chi connectivity index (χ0) is 22.8. The highest BCUT2D eigenvalue weighted by Gasteiger charge is 2.29. The van der Waals surface area contributed by atoms with Crippen molar-refractivity contribution < 1.29 is 8.78 Å². The summed E-state index contributed by atoms with van der Waals surface area (Å²) in [6.45, 7) is 3.47. The Morgan fingerprint density at radius 3 is 2.65 bits per heavy atom. The molecular weight excluding hydrogens is 436 g/mol. The highest BCUT2D eigenvalue weighted by molar-refractivity contribution is 6.12. The second-order valence-corrected chi connectivity index (χ2v) is 9.00. The Kier molecular flexibility index (Phi) is 4.29. The van der Waals surface area contributed by atoms with Gasteiger partial charge in [0, 0.05) is 60.3 Å². The lowest BCUT2D eigenvalue weighted by molar-refractivity contribution is 0.516. The van der Waals surface area contributed by atoms with Gasteiger partial charge in [-0.15, -0.1) is 0 Å². The van der Waals surface area contributed by atoms with E-state index in [9.17, 15) is 8.78 Å². The van der Waals surface area contributed by atoms with Crippen LogP contribution in [-0.4, -0.2) is 51.1 Å². The number of nitrogens with one attached hydrogen (secondary N) is 2. The molecule has 0 atom stereocenters. The van der Waals surface area contributed by atoms with E-state index >= 15 is 0 Å². The molecule has 2 aliphatic rings. The maximum atomic E-state index is 14.5. The molecule has 0 spiro atoms. The minimum Gasteiger partial charge on any atom is -0.353 e. The first kappa shape index (κ1) is 19.7. The number of hydrogen-bond acceptors (Lipinski definition) is 6. The van der Waals surface area contributed by atoms with Gasteiger partial charge in [-0.3, -0.25) is 4.98 Å². The third kappa shape index (κ3) is 2.96. The number of hydrogen-bond donors (Lipinski definition) is 2. The summed E-state index contributed by atoms with van der Waals surface area (Å²) in [6, 6.07) is 4.54. The van der Waals surface area contributed by atoms with Gasteiger partial charge in [0.1, 0.15) is 11.5 Å². The molecule has 9 heteroatoms. The first-order chi connectivity index (χ1) is 16.7. The molecule has 1 saturated heterocycles. The number of benzene rings is 1. The third-order valence-electron chi connectivity index (χ3n) is 6.85. The van der Waals surface area contributed by atoms with Gasteiger partial charge in [0.25, 0.3) is 0 Å². The molecule has 0 amide bonds. The van der Waals surface area contributed by atoms with Gasteiger partial charge in [-0.05, 0) is 42.5 Å². The normalized spacial score (nSPS) is 16.7. The van der Waals surface area contributed by atoms with Gasteiger partial charge >= 0.3 is 0 Å². The maximum absolute atomic E-state index is 14.5. The lowest BCUT2D eigenvalue weighted by Gasteiger charge is -2.30. The summed E-state index contributed by atoms with van der Waals surface area (Å²) in [6.07, 6.45) is 7.70. The van der Waals surface area contributed by atoms with Crippen molar-refractivity contribution in [2.24, 2.45) is 0 Å². The summed E-state index contributed by atoms with van der Waals surface area (Å²) < 4.78 is 28.4. The van der Waals surface area contributed by atoms with E-state index in [0.29, 0.717) is 28.2 Å². The molecule has 1 aliphatic heterocycles. The van der Waals surface area contributed by atoms with Crippen LogP contribution in [0, 0.1) is 11.6 Å². The molecule has 1 saturated carbocycles. The molecule has 7 nitrogen and oxygen atoms in total. The molecular formula is C25H21F2N7. The molecule has 0 radical (unpaired) electrons. The number of nitrogens with zero attached hydrogens (tertiary/aromatic N) is 5. The van der Waals surface area contributed by atoms with Gasteiger partial charge in [-0.2, -0.15) is 0 Å². The summed E-state index contributed by atoms with van der Waals surface area (Å²) >= 11 is 0. The van der Waals surface area contributed by atoms with Crippen molar-refractivity contribution >= 4 is 38.7 Å². The van der Waals surface area contributed by atoms with Crippen molar-refractivity contribution in [2.75, 3.05) is 31.1 Å². The fraction of sp³-hybridized carbons (Fsp3) is 0.280. The largest absolute Gasteiger partial charge is 0.353 e. The summed E-state index contributed by atoms with van der Waals surface area (Å²) in [4.78, 5) is 24.1. The maximum Gasteiger partial charge on any atom is 0.182 e. The molecule has 0 bridgehead atoms. The average molecular weight is 457 g/mol. The van der Waals surface area contributed by atoms with Crippen molar-refractivity contribution in [1.29, 1.82) is 0 Å². The van der Waals surface area contributed by atoms with Gasteiger partial charge in [-0.25, -0.2) is 23.7 Å². The van der Waals surface area contributed by atoms with Crippen LogP contribution < -0.4 is 10.2 Å². The highest BCUT2D eigenvalue weighted by Crippen LogP contribution is 2.45. The van der Waals surface area contributed by atoms with Crippen LogP contribution in [0.2, 0.25) is 0 Å². The fourth-order valence-electron chi connectivity index (χ4n) is 5.03. The second kappa shape index (κ2) is 7.39. The van der Waals surface area contributed by atoms with Crippen molar-refractivity contribution in [3.63, 3.8) is 0 Å². The van der Waals surface area contributed by atoms with Gasteiger partial charge in [-0.1, -0.05) is 0 Å². The fourth-order valence-corrected chi connectivity index (χ4v) is 5.03. The summed E-state index contributed by atoms with van der Waals surface area (Å²) in [7, 11) is 0. The van der Waals surface area contributed by atoms with E-state index < -0.39 is 11.6 Å². The predicted molar refractivity (Wildman–Crippen MR) is 127 cm³/mol. The van der Waals surface area contributed by atoms with Crippen LogP contribution in [0.4, 0.5) is 14.6 Å². The number of anilines is 1. The SMILES string of the molecule is Fc1ccc2c([nH]c3nccc(-c4nc(N5CCNCC5)c5c(C6CC6)cncc5n4)c32)c1F. The average Bonchev–Trinajstić information content (AvgIpc) is 3.65. The number of H-pyrrole nitrogens is 1. The predicted octanol–water partition coefficient (Wildman–Crippen LogP) is 4.29. The van der Waals surface area contributed by atoms with Crippen LogP contribution in [0.1, 0.15) is 24.3 Å². The summed E-state index contributed by atoms with van der Waals surface area (Å²) in [5.41, 5.74) is 3.29. The van der Waals surface area contributed by atoms with Crippen molar-refractivity contribution in [1.82, 2.24) is 30.2 Å². The van der Waals surface area contributed by atoms with Crippen LogP contribution in [0.3, 0.4) is 0 Å². The second-order valence-electron chi connectivity index (χ2n) is 9.00. The number of halogens is 2. The van der Waals surface area contributed by atoms with E-state index in [4.69, 9.17) is 9.97 Å². The Morgan fingerprint density at radius 1 is 0.971 bits per heavy atom. The standard InChI is InChI=1S/C25H21F2N7/c26-17-4-3-14-19-15(5-6-30-24(19)32-22(14)21(17)27)23-31-18-12-29-11-16(13-1-2-13)20(18)25(33-23)34-9-7-28-8-10-34/h3-6,11-13,28H,1-2,7-10H2,(H,30,32). The molecule has 170 valence electrons. The molecule has 34 heavy (non-hydrogen) atoms. The molecule has 4 aromatic heterocycles. The first-order valence-corrected chi connectivity index (χ1v) is 11.5. The lowest BCUT2D eigenvalue weighted by atomic mass is 10.1. The molecule has 5 aromatic rings. The molecule has 1 aromatic carbocycles. The smallest absolute Gasteiger partial charge is 0.182 e. The molecule has 1 aliphatic carbocycles. The van der Waals surface area contributed by atoms with E-state index in [0.717, 1.165) is 67.4 Å². The number of rotatable bonds is 3. The van der Waals surface area contributed by atoms with Crippen LogP contribution in [0.5, 0.6) is 0 Å². The molecule has 0 unspecified atom stereocenters. The topological polar surface area (TPSA) is 82.6 Å². The van der Waals surface area contributed by atoms with Crippen LogP contribution in [0.15, 0.2) is 36.8 Å². The van der Waals surface area contributed by atoms with E-state index in [1.54, 1.807) is 18.5 Å². The quantitative estimate of drug-likeness (QED) is 0.421. The number of aromatic amines is 1. The van der Waals surface area contributed by atoms with E-state index in [1.165, 1.54) is 5.56 Å². The highest BCUT2D eigenvalue weighted by atomic mass is 19.2. The zero-order valence-corrected chi connectivity index (χ0v) is 18.3. The molecule has 2 N–H and O–H groups in total. The Hall–Kier alpha value is -3.72. The van der Waals surface area contributed by atoms with Gasteiger partial charge in [0.05, 0.1) is 17.2 Å². The Labute approximate surface area is 193 Å². The van der Waals surface area contributed by atoms with Crippen LogP contribution in [-0.2, 0) is 0 Å². The third-order valence-corrected chi connectivity index (χ3v) is 6.85. The minimum atomic E-state index is -0.916. The Balaban J connectivity index is 1.52. The Bertz CT molecular complexity index is 1590. The number of pyridine rings is 2. The van der Waals surface area contributed by atoms with Crippen molar-refractivity contribution in [3.8, 4) is 11.4 Å². The molecule has 2 fully saturated rings. The van der Waals surface area contributed by atoms with Gasteiger partial charge in [0.15, 0.2) is 17.5 Å². The Morgan fingerprint density at radius 2 is 1.82 bits per heavy atom. The summed E-state index contributed by atoms with van der Waals surface area (Å²) in [5.74, 6) is 0.121. The van der Waals surface area contributed by atoms with Gasteiger partial charge < -0.3 is 15.2 Å². The molecule has 7 rings (SSSR count). The first-order valence-electron chi connectivity index (χ1n) is 11.5. The number of aromatic nitrogens is 5. The van der Waals surface area contributed by atoms with E-state index in [-0.39, 0.29) is 5.52 Å². The lowest BCUT2D eigenvalue weighted by Crippen LogP contribution is -2.44. The number of piperazine rings is 1.